The molecule has 0 bridgehead atoms. The van der Waals surface area contributed by atoms with E-state index in [-0.39, 0.29) is 17.9 Å². The van der Waals surface area contributed by atoms with Gasteiger partial charge in [0.1, 0.15) is 0 Å². The van der Waals surface area contributed by atoms with Crippen molar-refractivity contribution in [1.29, 1.82) is 0 Å². The van der Waals surface area contributed by atoms with Crippen LogP contribution in [0.2, 0.25) is 0 Å². The first-order valence-corrected chi connectivity index (χ1v) is 8.31. The number of hydrogen-bond donors (Lipinski definition) is 2. The summed E-state index contributed by atoms with van der Waals surface area (Å²) in [5, 5.41) is 6.39. The van der Waals surface area contributed by atoms with Gasteiger partial charge in [-0.1, -0.05) is 30.3 Å². The van der Waals surface area contributed by atoms with Crippen LogP contribution in [0.1, 0.15) is 43.7 Å². The topological polar surface area (TPSA) is 67.4 Å². The second kappa shape index (κ2) is 9.30. The molecule has 23 heavy (non-hydrogen) atoms. The molecule has 0 spiro atoms. The van der Waals surface area contributed by atoms with Crippen LogP contribution in [0.3, 0.4) is 0 Å². The van der Waals surface area contributed by atoms with E-state index >= 15 is 0 Å². The molecular weight excluding hydrogens is 292 g/mol. The molecule has 2 unspecified atom stereocenters. The van der Waals surface area contributed by atoms with Gasteiger partial charge in [-0.2, -0.15) is 0 Å². The first-order valence-electron chi connectivity index (χ1n) is 8.31. The molecular formula is C18H26N2O3. The molecule has 2 rings (SSSR count). The standard InChI is InChI=1S/C18H26N2O3/c1-23-18(22)10-8-16(15-5-3-2-4-6-15)20-17(21)9-7-14-11-12-19-13-14/h2-6,14,16,19H,7-13H2,1H3,(H,20,21). The van der Waals surface area contributed by atoms with Crippen LogP contribution in [0.4, 0.5) is 0 Å². The van der Waals surface area contributed by atoms with Crippen LogP contribution in [-0.2, 0) is 14.3 Å². The number of benzene rings is 1. The number of hydrogen-bond acceptors (Lipinski definition) is 4. The lowest BCUT2D eigenvalue weighted by molar-refractivity contribution is -0.141. The maximum Gasteiger partial charge on any atom is 0.305 e. The Kier molecular flexibility index (Phi) is 7.07. The smallest absolute Gasteiger partial charge is 0.305 e. The zero-order valence-electron chi connectivity index (χ0n) is 13.7. The van der Waals surface area contributed by atoms with E-state index in [0.29, 0.717) is 25.2 Å². The van der Waals surface area contributed by atoms with Crippen molar-refractivity contribution in [3.8, 4) is 0 Å². The van der Waals surface area contributed by atoms with E-state index in [1.165, 1.54) is 7.11 Å². The van der Waals surface area contributed by atoms with Crippen molar-refractivity contribution in [1.82, 2.24) is 10.6 Å². The summed E-state index contributed by atoms with van der Waals surface area (Å²) in [4.78, 5) is 23.6. The molecule has 1 aliphatic heterocycles. The molecule has 1 amide bonds. The maximum absolute atomic E-state index is 12.3. The number of rotatable bonds is 8. The molecule has 1 aliphatic rings. The predicted molar refractivity (Wildman–Crippen MR) is 88.8 cm³/mol. The highest BCUT2D eigenvalue weighted by Crippen LogP contribution is 2.20. The van der Waals surface area contributed by atoms with Crippen molar-refractivity contribution in [2.45, 2.75) is 38.1 Å². The lowest BCUT2D eigenvalue weighted by Crippen LogP contribution is -2.29. The summed E-state index contributed by atoms with van der Waals surface area (Å²) in [6.45, 7) is 2.07. The van der Waals surface area contributed by atoms with Crippen molar-refractivity contribution < 1.29 is 14.3 Å². The summed E-state index contributed by atoms with van der Waals surface area (Å²) < 4.78 is 4.70. The average molecular weight is 318 g/mol. The van der Waals surface area contributed by atoms with E-state index in [1.54, 1.807) is 0 Å². The van der Waals surface area contributed by atoms with Crippen LogP contribution in [0.15, 0.2) is 30.3 Å². The van der Waals surface area contributed by atoms with Crippen molar-refractivity contribution in [2.75, 3.05) is 20.2 Å². The minimum Gasteiger partial charge on any atom is -0.469 e. The highest BCUT2D eigenvalue weighted by atomic mass is 16.5. The van der Waals surface area contributed by atoms with Gasteiger partial charge in [0.15, 0.2) is 0 Å². The molecule has 2 N–H and O–H groups in total. The van der Waals surface area contributed by atoms with Crippen LogP contribution >= 0.6 is 0 Å². The molecule has 126 valence electrons. The number of carbonyl (C=O) groups is 2. The zero-order valence-corrected chi connectivity index (χ0v) is 13.7. The van der Waals surface area contributed by atoms with Crippen molar-refractivity contribution >= 4 is 11.9 Å². The van der Waals surface area contributed by atoms with E-state index in [0.717, 1.165) is 31.5 Å². The van der Waals surface area contributed by atoms with Gasteiger partial charge in [-0.25, -0.2) is 0 Å². The Morgan fingerprint density at radius 2 is 2.09 bits per heavy atom. The fraction of sp³-hybridized carbons (Fsp3) is 0.556. The Morgan fingerprint density at radius 3 is 2.74 bits per heavy atom. The predicted octanol–water partition coefficient (Wildman–Crippen LogP) is 2.19. The van der Waals surface area contributed by atoms with Crippen molar-refractivity contribution in [3.63, 3.8) is 0 Å². The summed E-state index contributed by atoms with van der Waals surface area (Å²) in [6, 6.07) is 9.62. The molecule has 1 aromatic rings. The Labute approximate surface area is 137 Å². The lowest BCUT2D eigenvalue weighted by atomic mass is 10.00. The molecule has 0 saturated carbocycles. The number of nitrogens with one attached hydrogen (secondary N) is 2. The van der Waals surface area contributed by atoms with Gasteiger partial charge in [0.25, 0.3) is 0 Å². The third-order valence-corrected chi connectivity index (χ3v) is 4.34. The van der Waals surface area contributed by atoms with Gasteiger partial charge in [-0.3, -0.25) is 9.59 Å². The molecule has 1 heterocycles. The van der Waals surface area contributed by atoms with E-state index in [9.17, 15) is 9.59 Å². The molecule has 2 atom stereocenters. The summed E-state index contributed by atoms with van der Waals surface area (Å²) in [5.74, 6) is 0.402. The Bertz CT molecular complexity index is 498. The van der Waals surface area contributed by atoms with Gasteiger partial charge in [-0.05, 0) is 43.8 Å². The summed E-state index contributed by atoms with van der Waals surface area (Å²) in [6.07, 6.45) is 3.44. The third-order valence-electron chi connectivity index (χ3n) is 4.34. The molecule has 5 heteroatoms. The largest absolute Gasteiger partial charge is 0.469 e. The number of esters is 1. The normalized spacial score (nSPS) is 18.4. The Hall–Kier alpha value is -1.88. The molecule has 1 saturated heterocycles. The van der Waals surface area contributed by atoms with Gasteiger partial charge in [0, 0.05) is 12.8 Å². The maximum atomic E-state index is 12.3. The lowest BCUT2D eigenvalue weighted by Gasteiger charge is -2.19. The summed E-state index contributed by atoms with van der Waals surface area (Å²) in [5.41, 5.74) is 1.02. The van der Waals surface area contributed by atoms with Gasteiger partial charge in [0.05, 0.1) is 13.2 Å². The fourth-order valence-corrected chi connectivity index (χ4v) is 2.93. The van der Waals surface area contributed by atoms with E-state index in [4.69, 9.17) is 4.74 Å². The highest BCUT2D eigenvalue weighted by molar-refractivity contribution is 5.76. The molecule has 1 aromatic carbocycles. The Morgan fingerprint density at radius 1 is 1.30 bits per heavy atom. The van der Waals surface area contributed by atoms with Gasteiger partial charge < -0.3 is 15.4 Å². The van der Waals surface area contributed by atoms with Gasteiger partial charge in [-0.15, -0.1) is 0 Å². The minimum atomic E-state index is -0.253. The molecule has 0 radical (unpaired) electrons. The first kappa shape index (κ1) is 17.5. The van der Waals surface area contributed by atoms with Crippen LogP contribution < -0.4 is 10.6 Å². The highest BCUT2D eigenvalue weighted by Gasteiger charge is 2.19. The van der Waals surface area contributed by atoms with Crippen molar-refractivity contribution in [3.05, 3.63) is 35.9 Å². The molecule has 0 aliphatic carbocycles. The number of carbonyl (C=O) groups excluding carboxylic acids is 2. The van der Waals surface area contributed by atoms with E-state index < -0.39 is 0 Å². The Balaban J connectivity index is 1.87. The second-order valence-electron chi connectivity index (χ2n) is 6.04. The quantitative estimate of drug-likeness (QED) is 0.721. The first-order chi connectivity index (χ1) is 11.2. The monoisotopic (exact) mass is 318 g/mol. The molecule has 5 nitrogen and oxygen atoms in total. The van der Waals surface area contributed by atoms with Crippen molar-refractivity contribution in [2.24, 2.45) is 5.92 Å². The number of amides is 1. The summed E-state index contributed by atoms with van der Waals surface area (Å²) in [7, 11) is 1.38. The van der Waals surface area contributed by atoms with Crippen LogP contribution in [0, 0.1) is 5.92 Å². The van der Waals surface area contributed by atoms with Crippen LogP contribution in [0.5, 0.6) is 0 Å². The fourth-order valence-electron chi connectivity index (χ4n) is 2.93. The number of methoxy groups -OCH3 is 1. The van der Waals surface area contributed by atoms with Crippen LogP contribution in [-0.4, -0.2) is 32.1 Å². The number of ether oxygens (including phenoxy) is 1. The van der Waals surface area contributed by atoms with E-state index in [1.807, 2.05) is 30.3 Å². The van der Waals surface area contributed by atoms with Gasteiger partial charge >= 0.3 is 5.97 Å². The summed E-state index contributed by atoms with van der Waals surface area (Å²) >= 11 is 0. The SMILES string of the molecule is COC(=O)CCC(NC(=O)CCC1CCNC1)c1ccccc1. The third kappa shape index (κ3) is 6.02. The molecule has 0 aromatic heterocycles. The second-order valence-corrected chi connectivity index (χ2v) is 6.04. The minimum absolute atomic E-state index is 0.0515. The average Bonchev–Trinajstić information content (AvgIpc) is 3.10. The zero-order chi connectivity index (χ0) is 16.5. The molecule has 1 fully saturated rings. The van der Waals surface area contributed by atoms with Crippen LogP contribution in [0.25, 0.3) is 0 Å². The van der Waals surface area contributed by atoms with E-state index in [2.05, 4.69) is 10.6 Å². The van der Waals surface area contributed by atoms with Gasteiger partial charge in [0.2, 0.25) is 5.91 Å².